The van der Waals surface area contributed by atoms with Crippen LogP contribution in [0.5, 0.6) is 0 Å². The van der Waals surface area contributed by atoms with Crippen LogP contribution < -0.4 is 4.90 Å². The van der Waals surface area contributed by atoms with E-state index in [0.717, 1.165) is 11.4 Å². The van der Waals surface area contributed by atoms with Crippen LogP contribution in [0.4, 0.5) is 5.82 Å². The van der Waals surface area contributed by atoms with Crippen molar-refractivity contribution in [2.45, 2.75) is 11.3 Å². The fourth-order valence-electron chi connectivity index (χ4n) is 3.73. The summed E-state index contributed by atoms with van der Waals surface area (Å²) in [6.45, 7) is 2.14. The zero-order valence-electron chi connectivity index (χ0n) is 16.7. The van der Waals surface area contributed by atoms with Crippen molar-refractivity contribution >= 4 is 21.5 Å². The number of nitrogens with zero attached hydrogens (tertiary/aromatic N) is 7. The molecule has 0 radical (unpaired) electrons. The van der Waals surface area contributed by atoms with Crippen LogP contribution in [0.15, 0.2) is 71.9 Å². The van der Waals surface area contributed by atoms with Gasteiger partial charge in [0, 0.05) is 44.1 Å². The summed E-state index contributed by atoms with van der Waals surface area (Å²) in [5.41, 5.74) is 1.47. The Morgan fingerprint density at radius 1 is 0.839 bits per heavy atom. The van der Waals surface area contributed by atoms with Crippen molar-refractivity contribution in [3.63, 3.8) is 0 Å². The van der Waals surface area contributed by atoms with Crippen LogP contribution in [-0.2, 0) is 10.0 Å². The number of pyridine rings is 1. The number of fused-ring (bicyclic) bond motifs is 1. The molecule has 0 atom stereocenters. The van der Waals surface area contributed by atoms with Crippen LogP contribution in [0.2, 0.25) is 0 Å². The molecule has 1 aromatic carbocycles. The lowest BCUT2D eigenvalue weighted by Gasteiger charge is -2.22. The van der Waals surface area contributed by atoms with Crippen molar-refractivity contribution < 1.29 is 8.42 Å². The second kappa shape index (κ2) is 8.05. The lowest BCUT2D eigenvalue weighted by Crippen LogP contribution is -2.35. The number of rotatable bonds is 4. The molecule has 4 heterocycles. The predicted molar refractivity (Wildman–Crippen MR) is 116 cm³/mol. The van der Waals surface area contributed by atoms with E-state index in [1.165, 1.54) is 0 Å². The summed E-state index contributed by atoms with van der Waals surface area (Å²) in [4.78, 5) is 6.58. The van der Waals surface area contributed by atoms with Crippen LogP contribution in [0.1, 0.15) is 6.42 Å². The van der Waals surface area contributed by atoms with E-state index in [0.29, 0.717) is 49.0 Å². The minimum atomic E-state index is -3.51. The second-order valence-electron chi connectivity index (χ2n) is 7.28. The molecule has 1 fully saturated rings. The molecule has 0 N–H and O–H groups in total. The van der Waals surface area contributed by atoms with E-state index < -0.39 is 10.0 Å². The zero-order valence-corrected chi connectivity index (χ0v) is 17.6. The molecule has 3 aromatic heterocycles. The second-order valence-corrected chi connectivity index (χ2v) is 9.22. The zero-order chi connectivity index (χ0) is 21.3. The van der Waals surface area contributed by atoms with Gasteiger partial charge in [-0.1, -0.05) is 18.2 Å². The summed E-state index contributed by atoms with van der Waals surface area (Å²) in [6, 6.07) is 16.1. The molecule has 0 bridgehead atoms. The highest BCUT2D eigenvalue weighted by molar-refractivity contribution is 7.89. The van der Waals surface area contributed by atoms with Crippen molar-refractivity contribution in [1.29, 1.82) is 0 Å². The summed E-state index contributed by atoms with van der Waals surface area (Å²) in [7, 11) is -3.51. The first-order valence-electron chi connectivity index (χ1n) is 10.1. The van der Waals surface area contributed by atoms with Gasteiger partial charge in [0.25, 0.3) is 0 Å². The van der Waals surface area contributed by atoms with Crippen molar-refractivity contribution in [2.24, 2.45) is 0 Å². The van der Waals surface area contributed by atoms with E-state index in [1.54, 1.807) is 45.5 Å². The Morgan fingerprint density at radius 2 is 1.71 bits per heavy atom. The molecule has 1 saturated heterocycles. The molecule has 1 aliphatic heterocycles. The van der Waals surface area contributed by atoms with Gasteiger partial charge in [-0.05, 0) is 42.8 Å². The Morgan fingerprint density at radius 3 is 2.52 bits per heavy atom. The normalized spacial score (nSPS) is 15.8. The Labute approximate surface area is 180 Å². The lowest BCUT2D eigenvalue weighted by molar-refractivity contribution is 0.433. The number of sulfonamides is 1. The van der Waals surface area contributed by atoms with Crippen LogP contribution in [0.25, 0.3) is 17.0 Å². The van der Waals surface area contributed by atoms with Gasteiger partial charge in [-0.15, -0.1) is 15.3 Å². The first kappa shape index (κ1) is 19.6. The summed E-state index contributed by atoms with van der Waals surface area (Å²) in [5.74, 6) is 1.38. The average Bonchev–Trinajstić information content (AvgIpc) is 3.07. The minimum absolute atomic E-state index is 0.327. The summed E-state index contributed by atoms with van der Waals surface area (Å²) >= 11 is 0. The van der Waals surface area contributed by atoms with Gasteiger partial charge >= 0.3 is 0 Å². The van der Waals surface area contributed by atoms with Crippen molar-refractivity contribution in [3.05, 3.63) is 67.0 Å². The number of anilines is 1. The van der Waals surface area contributed by atoms with E-state index in [-0.39, 0.29) is 0 Å². The number of benzene rings is 1. The highest BCUT2D eigenvalue weighted by atomic mass is 32.2. The molecule has 0 saturated carbocycles. The summed E-state index contributed by atoms with van der Waals surface area (Å²) in [5, 5.41) is 13.2. The maximum atomic E-state index is 13.0. The maximum absolute atomic E-state index is 13.0. The molecule has 5 rings (SSSR count). The number of hydrogen-bond donors (Lipinski definition) is 0. The van der Waals surface area contributed by atoms with Crippen LogP contribution >= 0.6 is 0 Å². The van der Waals surface area contributed by atoms with E-state index in [4.69, 9.17) is 5.10 Å². The molecular formula is C21H21N7O2S. The van der Waals surface area contributed by atoms with Gasteiger partial charge in [-0.2, -0.15) is 8.82 Å². The monoisotopic (exact) mass is 435 g/mol. The molecular weight excluding hydrogens is 414 g/mol. The first-order chi connectivity index (χ1) is 15.1. The van der Waals surface area contributed by atoms with Crippen molar-refractivity contribution in [1.82, 2.24) is 29.1 Å². The lowest BCUT2D eigenvalue weighted by atomic mass is 10.3. The molecule has 158 valence electrons. The third-order valence-electron chi connectivity index (χ3n) is 5.33. The van der Waals surface area contributed by atoms with E-state index >= 15 is 0 Å². The smallest absolute Gasteiger partial charge is 0.243 e. The first-order valence-corrected chi connectivity index (χ1v) is 11.5. The molecule has 0 aliphatic carbocycles. The Bertz CT molecular complexity index is 1290. The third-order valence-corrected chi connectivity index (χ3v) is 7.24. The molecule has 1 aliphatic rings. The SMILES string of the molecule is O=S(=O)(c1ccccc1)N1CCCN(c2ccc3nnc(-c4cccnc4)n3n2)CC1. The van der Waals surface area contributed by atoms with Crippen LogP contribution in [-0.4, -0.2) is 63.7 Å². The minimum Gasteiger partial charge on any atom is -0.354 e. The Balaban J connectivity index is 1.40. The van der Waals surface area contributed by atoms with Gasteiger partial charge in [0.2, 0.25) is 10.0 Å². The van der Waals surface area contributed by atoms with Gasteiger partial charge in [0.1, 0.15) is 5.82 Å². The molecule has 0 unspecified atom stereocenters. The predicted octanol–water partition coefficient (Wildman–Crippen LogP) is 2.09. The molecule has 0 amide bonds. The highest BCUT2D eigenvalue weighted by Gasteiger charge is 2.27. The molecule has 10 heteroatoms. The Kier molecular flexibility index (Phi) is 5.08. The maximum Gasteiger partial charge on any atom is 0.243 e. The van der Waals surface area contributed by atoms with Crippen molar-refractivity contribution in [2.75, 3.05) is 31.1 Å². The highest BCUT2D eigenvalue weighted by Crippen LogP contribution is 2.22. The summed E-state index contributed by atoms with van der Waals surface area (Å²) in [6.07, 6.45) is 4.14. The van der Waals surface area contributed by atoms with Gasteiger partial charge < -0.3 is 4.90 Å². The molecule has 0 spiro atoms. The fraction of sp³-hybridized carbons (Fsp3) is 0.238. The van der Waals surface area contributed by atoms with Gasteiger partial charge in [0.15, 0.2) is 11.5 Å². The van der Waals surface area contributed by atoms with Crippen LogP contribution in [0, 0.1) is 0 Å². The van der Waals surface area contributed by atoms with Crippen molar-refractivity contribution in [3.8, 4) is 11.4 Å². The average molecular weight is 436 g/mol. The van der Waals surface area contributed by atoms with E-state index in [2.05, 4.69) is 20.1 Å². The topological polar surface area (TPSA) is 96.6 Å². The summed E-state index contributed by atoms with van der Waals surface area (Å²) < 4.78 is 29.2. The van der Waals surface area contributed by atoms with Gasteiger partial charge in [-0.25, -0.2) is 8.42 Å². The molecule has 4 aromatic rings. The third kappa shape index (κ3) is 3.75. The quantitative estimate of drug-likeness (QED) is 0.484. The standard InChI is InChI=1S/C21H21N7O2S/c29-31(30,18-7-2-1-3-8-18)27-13-5-12-26(14-15-27)20-10-9-19-23-24-21(28(19)25-20)17-6-4-11-22-16-17/h1-4,6-11,16H,5,12-15H2. The van der Waals surface area contributed by atoms with Gasteiger partial charge in [0.05, 0.1) is 4.90 Å². The largest absolute Gasteiger partial charge is 0.354 e. The van der Waals surface area contributed by atoms with E-state index in [1.807, 2.05) is 30.3 Å². The van der Waals surface area contributed by atoms with Crippen LogP contribution in [0.3, 0.4) is 0 Å². The van der Waals surface area contributed by atoms with Gasteiger partial charge in [-0.3, -0.25) is 4.98 Å². The molecule has 31 heavy (non-hydrogen) atoms. The van der Waals surface area contributed by atoms with E-state index in [9.17, 15) is 8.42 Å². The number of aromatic nitrogens is 5. The Hall–Kier alpha value is -3.37. The molecule has 9 nitrogen and oxygen atoms in total. The fourth-order valence-corrected chi connectivity index (χ4v) is 5.22. The number of hydrogen-bond acceptors (Lipinski definition) is 7.